The molecule has 0 unspecified atom stereocenters. The fourth-order valence-corrected chi connectivity index (χ4v) is 2.55. The number of hydrogen-bond donors (Lipinski definition) is 2. The van der Waals surface area contributed by atoms with Crippen molar-refractivity contribution in [3.05, 3.63) is 35.1 Å². The number of amides is 1. The number of carbonyl (C=O) groups is 1. The van der Waals surface area contributed by atoms with Crippen LogP contribution in [0.25, 0.3) is 0 Å². The van der Waals surface area contributed by atoms with Crippen LogP contribution in [0.3, 0.4) is 0 Å². The van der Waals surface area contributed by atoms with Crippen LogP contribution in [0.5, 0.6) is 0 Å². The molecule has 124 valence electrons. The van der Waals surface area contributed by atoms with Crippen LogP contribution in [0.2, 0.25) is 0 Å². The lowest BCUT2D eigenvalue weighted by Crippen LogP contribution is -2.51. The van der Waals surface area contributed by atoms with Crippen LogP contribution in [-0.4, -0.2) is 11.4 Å². The molecule has 8 heteroatoms. The number of nitrogens with two attached hydrogens (primary N) is 1. The van der Waals surface area contributed by atoms with E-state index in [9.17, 15) is 22.4 Å². The molecule has 0 aromatic heterocycles. The third kappa shape index (κ3) is 4.10. The van der Waals surface area contributed by atoms with Crippen molar-refractivity contribution in [3.63, 3.8) is 0 Å². The number of halogens is 5. The van der Waals surface area contributed by atoms with E-state index in [1.54, 1.807) is 0 Å². The van der Waals surface area contributed by atoms with E-state index in [0.29, 0.717) is 18.9 Å². The summed E-state index contributed by atoms with van der Waals surface area (Å²) >= 11 is 0. The minimum Gasteiger partial charge on any atom is -0.350 e. The van der Waals surface area contributed by atoms with Crippen molar-refractivity contribution in [1.82, 2.24) is 5.32 Å². The highest BCUT2D eigenvalue weighted by molar-refractivity contribution is 5.86. The summed E-state index contributed by atoms with van der Waals surface area (Å²) in [7, 11) is 0. The maximum Gasteiger partial charge on any atom is 0.416 e. The van der Waals surface area contributed by atoms with Gasteiger partial charge >= 0.3 is 6.18 Å². The van der Waals surface area contributed by atoms with E-state index in [0.717, 1.165) is 25.0 Å². The number of rotatable bonds is 3. The highest BCUT2D eigenvalue weighted by atomic mass is 35.5. The number of alkyl halides is 3. The predicted octanol–water partition coefficient (Wildman–Crippen LogP) is 3.15. The number of nitrogens with one attached hydrogen (secondary N) is 1. The van der Waals surface area contributed by atoms with Gasteiger partial charge < -0.3 is 11.1 Å². The van der Waals surface area contributed by atoms with E-state index < -0.39 is 29.0 Å². The van der Waals surface area contributed by atoms with Gasteiger partial charge in [-0.3, -0.25) is 4.79 Å². The number of benzene rings is 1. The second-order valence-electron chi connectivity index (χ2n) is 5.35. The van der Waals surface area contributed by atoms with Crippen molar-refractivity contribution < 1.29 is 22.4 Å². The molecule has 1 amide bonds. The quantitative estimate of drug-likeness (QED) is 0.830. The summed E-state index contributed by atoms with van der Waals surface area (Å²) in [5, 5.41) is 2.43. The largest absolute Gasteiger partial charge is 0.416 e. The molecule has 22 heavy (non-hydrogen) atoms. The average molecular weight is 341 g/mol. The summed E-state index contributed by atoms with van der Waals surface area (Å²) in [5.74, 6) is -1.43. The molecule has 0 atom stereocenters. The summed E-state index contributed by atoms with van der Waals surface area (Å²) in [6, 6.07) is 2.38. The highest BCUT2D eigenvalue weighted by Gasteiger charge is 2.38. The Morgan fingerprint density at radius 2 is 1.86 bits per heavy atom. The Kier molecular flexibility index (Phi) is 5.81. The van der Waals surface area contributed by atoms with Gasteiger partial charge in [0.15, 0.2) is 0 Å². The van der Waals surface area contributed by atoms with Crippen molar-refractivity contribution >= 4 is 18.3 Å². The molecule has 0 radical (unpaired) electrons. The molecule has 1 aliphatic carbocycles. The molecular formula is C14H17ClF4N2O. The van der Waals surface area contributed by atoms with Crippen molar-refractivity contribution in [3.8, 4) is 0 Å². The molecule has 0 spiro atoms. The van der Waals surface area contributed by atoms with Gasteiger partial charge in [0.2, 0.25) is 5.91 Å². The Labute approximate surface area is 131 Å². The molecule has 1 aliphatic rings. The van der Waals surface area contributed by atoms with Crippen molar-refractivity contribution in [2.24, 2.45) is 5.73 Å². The van der Waals surface area contributed by atoms with Crippen LogP contribution < -0.4 is 11.1 Å². The van der Waals surface area contributed by atoms with Gasteiger partial charge in [-0.1, -0.05) is 18.9 Å². The van der Waals surface area contributed by atoms with E-state index in [-0.39, 0.29) is 24.5 Å². The molecule has 3 nitrogen and oxygen atoms in total. The van der Waals surface area contributed by atoms with Crippen LogP contribution in [-0.2, 0) is 17.5 Å². The standard InChI is InChI=1S/C14H16F4N2O.ClH/c15-10-4-3-9(11(7-10)14(16,17)18)8-20-12(21)13(19)5-1-2-6-13;/h3-4,7H,1-2,5-6,8,19H2,(H,20,21);1H. The number of hydrogen-bond acceptors (Lipinski definition) is 2. The Morgan fingerprint density at radius 1 is 1.27 bits per heavy atom. The Morgan fingerprint density at radius 3 is 2.41 bits per heavy atom. The predicted molar refractivity (Wildman–Crippen MR) is 75.9 cm³/mol. The lowest BCUT2D eigenvalue weighted by molar-refractivity contribution is -0.138. The fourth-order valence-electron chi connectivity index (χ4n) is 2.55. The Balaban J connectivity index is 0.00000242. The SMILES string of the molecule is Cl.NC1(C(=O)NCc2ccc(F)cc2C(F)(F)F)CCCC1. The van der Waals surface area contributed by atoms with Gasteiger partial charge in [-0.25, -0.2) is 4.39 Å². The maximum absolute atomic E-state index is 13.0. The average Bonchev–Trinajstić information content (AvgIpc) is 2.84. The zero-order valence-electron chi connectivity index (χ0n) is 11.7. The third-order valence-electron chi connectivity index (χ3n) is 3.76. The third-order valence-corrected chi connectivity index (χ3v) is 3.76. The monoisotopic (exact) mass is 340 g/mol. The van der Waals surface area contributed by atoms with Crippen molar-refractivity contribution in [1.29, 1.82) is 0 Å². The van der Waals surface area contributed by atoms with E-state index in [2.05, 4.69) is 5.32 Å². The van der Waals surface area contributed by atoms with Gasteiger partial charge in [-0.15, -0.1) is 12.4 Å². The highest BCUT2D eigenvalue weighted by Crippen LogP contribution is 2.33. The molecular weight excluding hydrogens is 324 g/mol. The summed E-state index contributed by atoms with van der Waals surface area (Å²) in [6.07, 6.45) is -1.97. The minimum absolute atomic E-state index is 0. The first-order chi connectivity index (χ1) is 9.72. The molecule has 3 N–H and O–H groups in total. The molecule has 0 heterocycles. The first-order valence-corrected chi connectivity index (χ1v) is 6.65. The van der Waals surface area contributed by atoms with E-state index in [1.807, 2.05) is 0 Å². The molecule has 0 aliphatic heterocycles. The van der Waals surface area contributed by atoms with Gasteiger partial charge in [0.05, 0.1) is 11.1 Å². The summed E-state index contributed by atoms with van der Waals surface area (Å²) in [4.78, 5) is 12.0. The summed E-state index contributed by atoms with van der Waals surface area (Å²) in [5.41, 5.74) is 3.65. The zero-order valence-corrected chi connectivity index (χ0v) is 12.5. The maximum atomic E-state index is 13.0. The lowest BCUT2D eigenvalue weighted by atomic mass is 9.98. The topological polar surface area (TPSA) is 55.1 Å². The van der Waals surface area contributed by atoms with Crippen molar-refractivity contribution in [2.75, 3.05) is 0 Å². The van der Waals surface area contributed by atoms with Gasteiger partial charge in [0.1, 0.15) is 5.82 Å². The van der Waals surface area contributed by atoms with Gasteiger partial charge in [-0.05, 0) is 30.5 Å². The molecule has 1 fully saturated rings. The molecule has 1 aromatic carbocycles. The van der Waals surface area contributed by atoms with E-state index in [1.165, 1.54) is 0 Å². The zero-order chi connectivity index (χ0) is 15.7. The van der Waals surface area contributed by atoms with Crippen LogP contribution in [0.1, 0.15) is 36.8 Å². The van der Waals surface area contributed by atoms with Crippen LogP contribution >= 0.6 is 12.4 Å². The van der Waals surface area contributed by atoms with E-state index in [4.69, 9.17) is 5.73 Å². The second kappa shape index (κ2) is 6.83. The second-order valence-corrected chi connectivity index (χ2v) is 5.35. The first-order valence-electron chi connectivity index (χ1n) is 6.65. The fraction of sp³-hybridized carbons (Fsp3) is 0.500. The van der Waals surface area contributed by atoms with Crippen LogP contribution in [0.4, 0.5) is 17.6 Å². The van der Waals surface area contributed by atoms with Crippen molar-refractivity contribution in [2.45, 2.75) is 43.9 Å². The van der Waals surface area contributed by atoms with Crippen LogP contribution in [0, 0.1) is 5.82 Å². The minimum atomic E-state index is -4.67. The molecule has 0 bridgehead atoms. The van der Waals surface area contributed by atoms with Gasteiger partial charge in [0, 0.05) is 6.54 Å². The Hall–Kier alpha value is -1.34. The molecule has 2 rings (SSSR count). The van der Waals surface area contributed by atoms with Crippen LogP contribution in [0.15, 0.2) is 18.2 Å². The molecule has 1 aromatic rings. The smallest absolute Gasteiger partial charge is 0.350 e. The summed E-state index contributed by atoms with van der Waals surface area (Å²) in [6.45, 7) is -0.326. The summed E-state index contributed by atoms with van der Waals surface area (Å²) < 4.78 is 51.5. The van der Waals surface area contributed by atoms with E-state index >= 15 is 0 Å². The molecule has 0 saturated heterocycles. The Bertz CT molecular complexity index is 542. The van der Waals surface area contributed by atoms with Gasteiger partial charge in [-0.2, -0.15) is 13.2 Å². The lowest BCUT2D eigenvalue weighted by Gasteiger charge is -2.23. The normalized spacial score (nSPS) is 17.0. The number of carbonyl (C=O) groups excluding carboxylic acids is 1. The van der Waals surface area contributed by atoms with Gasteiger partial charge in [0.25, 0.3) is 0 Å². The molecule has 1 saturated carbocycles. The first kappa shape index (κ1) is 18.7.